The molecule has 15 aromatic carbocycles. The van der Waals surface area contributed by atoms with Crippen LogP contribution in [0.2, 0.25) is 0 Å². The van der Waals surface area contributed by atoms with Crippen molar-refractivity contribution in [2.75, 3.05) is 0 Å². The van der Waals surface area contributed by atoms with Gasteiger partial charge in [0.1, 0.15) is 11.9 Å². The minimum Gasteiger partial charge on any atom is -0.309 e. The highest BCUT2D eigenvalue weighted by Gasteiger charge is 2.23. The average Bonchev–Trinajstić information content (AvgIpc) is 1.60. The number of benzene rings is 15. The minimum atomic E-state index is 0.619. The second-order valence-electron chi connectivity index (χ2n) is 26.6. The molecule has 0 aliphatic carbocycles. The molecule has 6 aromatic heterocycles. The highest BCUT2D eigenvalue weighted by Crippen LogP contribution is 2.44. The molecular formula is C96H58N8. The van der Waals surface area contributed by atoms with Crippen molar-refractivity contribution in [1.29, 1.82) is 10.5 Å². The summed E-state index contributed by atoms with van der Waals surface area (Å²) in [6.07, 6.45) is 0. The molecule has 0 fully saturated rings. The molecule has 8 nitrogen and oxygen atoms in total. The van der Waals surface area contributed by atoms with E-state index in [0.717, 1.165) is 111 Å². The predicted octanol–water partition coefficient (Wildman–Crippen LogP) is 24.4. The van der Waals surface area contributed by atoms with Gasteiger partial charge in [-0.1, -0.05) is 231 Å². The van der Waals surface area contributed by atoms with Crippen LogP contribution >= 0.6 is 0 Å². The molecule has 0 radical (unpaired) electrons. The van der Waals surface area contributed by atoms with Gasteiger partial charge in [0.2, 0.25) is 0 Å². The van der Waals surface area contributed by atoms with Crippen LogP contribution in [0.4, 0.5) is 0 Å². The molecule has 0 atom stereocenters. The van der Waals surface area contributed by atoms with Gasteiger partial charge < -0.3 is 13.7 Å². The molecule has 8 heteroatoms. The number of aromatic nitrogens is 6. The van der Waals surface area contributed by atoms with Crippen LogP contribution in [-0.2, 0) is 0 Å². The summed E-state index contributed by atoms with van der Waals surface area (Å²) in [5, 5.41) is 34.4. The Labute approximate surface area is 597 Å². The van der Waals surface area contributed by atoms with Crippen LogP contribution in [0.3, 0.4) is 0 Å². The van der Waals surface area contributed by atoms with Crippen LogP contribution in [0.25, 0.3) is 187 Å². The van der Waals surface area contributed by atoms with Crippen LogP contribution in [0.15, 0.2) is 352 Å². The molecule has 0 aliphatic rings. The van der Waals surface area contributed by atoms with Gasteiger partial charge in [0, 0.05) is 82.1 Å². The van der Waals surface area contributed by atoms with Crippen LogP contribution < -0.4 is 0 Å². The van der Waals surface area contributed by atoms with E-state index in [1.807, 2.05) is 72.8 Å². The number of para-hydroxylation sites is 7. The van der Waals surface area contributed by atoms with E-state index in [0.29, 0.717) is 11.1 Å². The van der Waals surface area contributed by atoms with Gasteiger partial charge in [0.15, 0.2) is 0 Å². The van der Waals surface area contributed by atoms with Gasteiger partial charge >= 0.3 is 0 Å². The summed E-state index contributed by atoms with van der Waals surface area (Å²) in [6, 6.07) is 129. The van der Waals surface area contributed by atoms with Gasteiger partial charge in [-0.3, -0.25) is 4.57 Å². The van der Waals surface area contributed by atoms with Crippen LogP contribution in [0.1, 0.15) is 11.1 Å². The highest BCUT2D eigenvalue weighted by molar-refractivity contribution is 6.22. The van der Waals surface area contributed by atoms with Crippen molar-refractivity contribution in [2.45, 2.75) is 0 Å². The van der Waals surface area contributed by atoms with Crippen LogP contribution in [0.5, 0.6) is 0 Å². The standard InChI is InChI=1S/C52H32N4.C44H26N4/c53-33-45-40-17-7-10-20-46(40)54-52(51(45)34-13-3-1-4-14-34)35-23-27-39(28-24-35)55-48-22-12-9-19-42(48)44-31-36(26-30-49(44)55)37-25-29-43-41-18-8-11-21-47(41)56(50(43)32-37)38-15-5-2-6-16-38;45-27-31-26-43(46-38-16-8-6-13-33(31)38)48-39-17-9-7-15-35(39)36-24-29(19-21-40(36)48)30-20-22-41-37(25-30)44-34-14-5-4-10-28(34)18-23-42(44)47(41)32-11-2-1-3-12-32/h1-32H;1-26H. The van der Waals surface area contributed by atoms with Crippen molar-refractivity contribution in [3.8, 4) is 79.7 Å². The maximum absolute atomic E-state index is 10.5. The lowest BCUT2D eigenvalue weighted by Gasteiger charge is -2.15. The second-order valence-corrected chi connectivity index (χ2v) is 26.6. The largest absolute Gasteiger partial charge is 0.309 e. The summed E-state index contributed by atoms with van der Waals surface area (Å²) < 4.78 is 9.29. The molecular weight excluding hydrogens is 1270 g/mol. The zero-order chi connectivity index (χ0) is 68.9. The van der Waals surface area contributed by atoms with E-state index in [2.05, 4.69) is 309 Å². The first-order valence-corrected chi connectivity index (χ1v) is 35.0. The van der Waals surface area contributed by atoms with Crippen molar-refractivity contribution in [3.05, 3.63) is 363 Å². The molecule has 0 saturated heterocycles. The first-order valence-electron chi connectivity index (χ1n) is 35.0. The summed E-state index contributed by atoms with van der Waals surface area (Å²) in [6.45, 7) is 0. The van der Waals surface area contributed by atoms with Crippen molar-refractivity contribution in [3.63, 3.8) is 0 Å². The molecule has 0 bridgehead atoms. The quantitative estimate of drug-likeness (QED) is 0.151. The van der Waals surface area contributed by atoms with E-state index in [1.54, 1.807) is 0 Å². The lowest BCUT2D eigenvalue weighted by Crippen LogP contribution is -1.99. The second kappa shape index (κ2) is 24.2. The van der Waals surface area contributed by atoms with Crippen LogP contribution in [0, 0.1) is 22.7 Å². The maximum Gasteiger partial charge on any atom is 0.139 e. The van der Waals surface area contributed by atoms with Crippen molar-refractivity contribution >= 4 is 120 Å². The zero-order valence-electron chi connectivity index (χ0n) is 56.1. The highest BCUT2D eigenvalue weighted by atomic mass is 15.1. The number of fused-ring (bicyclic) bond motifs is 16. The summed E-state index contributed by atoms with van der Waals surface area (Å²) in [4.78, 5) is 10.2. The molecule has 21 aromatic rings. The molecule has 0 saturated carbocycles. The van der Waals surface area contributed by atoms with Gasteiger partial charge in [-0.15, -0.1) is 0 Å². The minimum absolute atomic E-state index is 0.619. The maximum atomic E-state index is 10.5. The molecule has 6 heterocycles. The Bertz CT molecular complexity index is 7170. The molecule has 104 heavy (non-hydrogen) atoms. The zero-order valence-corrected chi connectivity index (χ0v) is 56.1. The van der Waals surface area contributed by atoms with E-state index in [-0.39, 0.29) is 0 Å². The fourth-order valence-electron chi connectivity index (χ4n) is 16.2. The third kappa shape index (κ3) is 9.52. The Morgan fingerprint density at radius 2 is 0.654 bits per heavy atom. The van der Waals surface area contributed by atoms with Gasteiger partial charge in [-0.25, -0.2) is 9.97 Å². The van der Waals surface area contributed by atoms with E-state index < -0.39 is 0 Å². The third-order valence-electron chi connectivity index (χ3n) is 20.9. The SMILES string of the molecule is N#Cc1c(-c2ccccc2)c(-c2ccc(-n3c4ccccc4c4cc(-c5ccc6c7ccccc7n(-c7ccccc7)c6c5)ccc43)cc2)nc2ccccc12.N#Cc1cc(-n2c3ccccc3c3cc(-c4ccc5c(c4)c4c6ccccc6ccc4n5-c4ccccc4)ccc32)nc2ccccc12. The Kier molecular flexibility index (Phi) is 13.9. The number of nitrogens with zero attached hydrogens (tertiary/aromatic N) is 8. The Morgan fingerprint density at radius 1 is 0.240 bits per heavy atom. The van der Waals surface area contributed by atoms with Crippen LogP contribution in [-0.4, -0.2) is 28.2 Å². The Hall–Kier alpha value is -14.4. The molecule has 0 unspecified atom stereocenters. The van der Waals surface area contributed by atoms with E-state index in [9.17, 15) is 10.5 Å². The van der Waals surface area contributed by atoms with Gasteiger partial charge in [0.05, 0.1) is 78.1 Å². The third-order valence-corrected chi connectivity index (χ3v) is 20.9. The summed E-state index contributed by atoms with van der Waals surface area (Å²) in [5.41, 5.74) is 23.7. The fourth-order valence-corrected chi connectivity index (χ4v) is 16.2. The first kappa shape index (κ1) is 59.6. The number of hydrogen-bond acceptors (Lipinski definition) is 4. The molecule has 21 rings (SSSR count). The Morgan fingerprint density at radius 3 is 1.27 bits per heavy atom. The number of nitriles is 2. The Balaban J connectivity index is 0.000000140. The van der Waals surface area contributed by atoms with E-state index >= 15 is 0 Å². The first-order chi connectivity index (χ1) is 51.5. The van der Waals surface area contributed by atoms with Gasteiger partial charge in [0.25, 0.3) is 0 Å². The number of rotatable bonds is 8. The smallest absolute Gasteiger partial charge is 0.139 e. The normalized spacial score (nSPS) is 11.6. The molecule has 0 aliphatic heterocycles. The topological polar surface area (TPSA) is 93.1 Å². The van der Waals surface area contributed by atoms with Crippen molar-refractivity contribution in [2.24, 2.45) is 0 Å². The molecule has 0 amide bonds. The molecule has 0 spiro atoms. The lowest BCUT2D eigenvalue weighted by atomic mass is 9.92. The van der Waals surface area contributed by atoms with Gasteiger partial charge in [-0.2, -0.15) is 10.5 Å². The fraction of sp³-hybridized carbons (Fsp3) is 0. The lowest BCUT2D eigenvalue weighted by molar-refractivity contribution is 1.10. The average molecular weight is 1320 g/mol. The molecule has 0 N–H and O–H groups in total. The van der Waals surface area contributed by atoms with E-state index in [4.69, 9.17) is 9.97 Å². The summed E-state index contributed by atoms with van der Waals surface area (Å²) in [7, 11) is 0. The monoisotopic (exact) mass is 1320 g/mol. The van der Waals surface area contributed by atoms with Crippen molar-refractivity contribution < 1.29 is 0 Å². The van der Waals surface area contributed by atoms with E-state index in [1.165, 1.54) is 76.3 Å². The number of hydrogen-bond donors (Lipinski definition) is 0. The summed E-state index contributed by atoms with van der Waals surface area (Å²) >= 11 is 0. The molecule has 482 valence electrons. The van der Waals surface area contributed by atoms with Crippen molar-refractivity contribution in [1.82, 2.24) is 28.2 Å². The number of pyridine rings is 2. The predicted molar refractivity (Wildman–Crippen MR) is 430 cm³/mol. The summed E-state index contributed by atoms with van der Waals surface area (Å²) in [5.74, 6) is 0.742. The van der Waals surface area contributed by atoms with Gasteiger partial charge in [-0.05, 0) is 160 Å².